The standard InChI is InChI=1S/C23H28N4O2/c1-16-7-4-5-9-19(16)22-20-14-26(23(29)17-8-6-10-24-11-17)12-18(20)13-27(22)21(28)15-25(2)3/h4-11,18,20,22H,12-15H2,1-3H3/t18-,20-,22+/m1/s1. The van der Waals surface area contributed by atoms with Crippen molar-refractivity contribution in [2.45, 2.75) is 13.0 Å². The van der Waals surface area contributed by atoms with Crippen molar-refractivity contribution in [3.8, 4) is 0 Å². The van der Waals surface area contributed by atoms with E-state index in [1.165, 1.54) is 11.1 Å². The van der Waals surface area contributed by atoms with Crippen LogP contribution in [0.2, 0.25) is 0 Å². The Morgan fingerprint density at radius 3 is 2.59 bits per heavy atom. The number of aryl methyl sites for hydroxylation is 1. The molecule has 2 amide bonds. The van der Waals surface area contributed by atoms with Gasteiger partial charge in [-0.05, 0) is 44.3 Å². The third-order valence-electron chi connectivity index (χ3n) is 6.14. The molecule has 29 heavy (non-hydrogen) atoms. The zero-order valence-corrected chi connectivity index (χ0v) is 17.3. The van der Waals surface area contributed by atoms with Gasteiger partial charge in [-0.2, -0.15) is 0 Å². The molecule has 152 valence electrons. The minimum atomic E-state index is 0.0142. The molecule has 2 aromatic rings. The fourth-order valence-electron chi connectivity index (χ4n) is 4.82. The second kappa shape index (κ2) is 7.95. The van der Waals surface area contributed by atoms with Crippen LogP contribution in [0.4, 0.5) is 0 Å². The quantitative estimate of drug-likeness (QED) is 0.801. The number of aromatic nitrogens is 1. The lowest BCUT2D eigenvalue weighted by Gasteiger charge is -2.31. The van der Waals surface area contributed by atoms with E-state index in [0.717, 1.165) is 0 Å². The Hall–Kier alpha value is -2.73. The van der Waals surface area contributed by atoms with E-state index in [1.807, 2.05) is 47.0 Å². The smallest absolute Gasteiger partial charge is 0.255 e. The number of amides is 2. The van der Waals surface area contributed by atoms with Gasteiger partial charge < -0.3 is 14.7 Å². The summed E-state index contributed by atoms with van der Waals surface area (Å²) in [7, 11) is 3.84. The summed E-state index contributed by atoms with van der Waals surface area (Å²) in [6.07, 6.45) is 3.31. The first kappa shape index (κ1) is 19.6. The van der Waals surface area contributed by atoms with Gasteiger partial charge in [-0.1, -0.05) is 24.3 Å². The molecule has 2 saturated heterocycles. The highest BCUT2D eigenvalue weighted by molar-refractivity contribution is 5.94. The molecule has 2 fully saturated rings. The van der Waals surface area contributed by atoms with E-state index < -0.39 is 0 Å². The first-order chi connectivity index (χ1) is 14.0. The molecule has 0 radical (unpaired) electrons. The molecule has 2 aliphatic heterocycles. The molecule has 0 bridgehead atoms. The zero-order chi connectivity index (χ0) is 20.5. The number of rotatable bonds is 4. The lowest BCUT2D eigenvalue weighted by molar-refractivity contribution is -0.133. The largest absolute Gasteiger partial charge is 0.338 e. The summed E-state index contributed by atoms with van der Waals surface area (Å²) in [5.74, 6) is 0.735. The Labute approximate surface area is 172 Å². The van der Waals surface area contributed by atoms with Gasteiger partial charge in [0, 0.05) is 43.9 Å². The molecule has 0 unspecified atom stereocenters. The van der Waals surface area contributed by atoms with Gasteiger partial charge in [-0.15, -0.1) is 0 Å². The molecular formula is C23H28N4O2. The Kier molecular flexibility index (Phi) is 5.37. The summed E-state index contributed by atoms with van der Waals surface area (Å²) in [4.78, 5) is 35.9. The van der Waals surface area contributed by atoms with Crippen LogP contribution in [0.3, 0.4) is 0 Å². The summed E-state index contributed by atoms with van der Waals surface area (Å²) in [6.45, 7) is 4.56. The summed E-state index contributed by atoms with van der Waals surface area (Å²) in [6, 6.07) is 11.9. The molecule has 1 aromatic heterocycles. The number of likely N-dealkylation sites (tertiary alicyclic amines) is 2. The molecular weight excluding hydrogens is 364 g/mol. The number of hydrogen-bond donors (Lipinski definition) is 0. The summed E-state index contributed by atoms with van der Waals surface area (Å²) in [5.41, 5.74) is 3.01. The highest BCUT2D eigenvalue weighted by Crippen LogP contribution is 2.46. The van der Waals surface area contributed by atoms with Crippen LogP contribution >= 0.6 is 0 Å². The van der Waals surface area contributed by atoms with E-state index >= 15 is 0 Å². The molecule has 1 aromatic carbocycles. The van der Waals surface area contributed by atoms with Crippen LogP contribution in [-0.2, 0) is 4.79 Å². The van der Waals surface area contributed by atoms with E-state index in [-0.39, 0.29) is 23.8 Å². The van der Waals surface area contributed by atoms with Crippen LogP contribution in [0.1, 0.15) is 27.5 Å². The van der Waals surface area contributed by atoms with Gasteiger partial charge in [0.15, 0.2) is 0 Å². The molecule has 0 spiro atoms. The minimum Gasteiger partial charge on any atom is -0.338 e. The number of benzene rings is 1. The number of hydrogen-bond acceptors (Lipinski definition) is 4. The average Bonchev–Trinajstić information content (AvgIpc) is 3.26. The van der Waals surface area contributed by atoms with E-state index in [2.05, 4.69) is 24.0 Å². The fraction of sp³-hybridized carbons (Fsp3) is 0.435. The molecule has 6 nitrogen and oxygen atoms in total. The molecule has 4 rings (SSSR count). The Morgan fingerprint density at radius 2 is 1.90 bits per heavy atom. The maximum atomic E-state index is 13.0. The maximum absolute atomic E-state index is 13.0. The minimum absolute atomic E-state index is 0.0142. The third kappa shape index (κ3) is 3.77. The van der Waals surface area contributed by atoms with Crippen molar-refractivity contribution in [3.63, 3.8) is 0 Å². The van der Waals surface area contributed by atoms with Gasteiger partial charge in [0.1, 0.15) is 0 Å². The lowest BCUT2D eigenvalue weighted by atomic mass is 9.87. The molecule has 2 aliphatic rings. The number of likely N-dealkylation sites (N-methyl/N-ethyl adjacent to an activating group) is 1. The van der Waals surface area contributed by atoms with E-state index in [9.17, 15) is 9.59 Å². The third-order valence-corrected chi connectivity index (χ3v) is 6.14. The van der Waals surface area contributed by atoms with Crippen LogP contribution in [0.5, 0.6) is 0 Å². The molecule has 0 N–H and O–H groups in total. The van der Waals surface area contributed by atoms with Gasteiger partial charge >= 0.3 is 0 Å². The summed E-state index contributed by atoms with van der Waals surface area (Å²) < 4.78 is 0. The van der Waals surface area contributed by atoms with Gasteiger partial charge in [-0.3, -0.25) is 14.6 Å². The molecule has 0 aliphatic carbocycles. The molecule has 3 atom stereocenters. The Morgan fingerprint density at radius 1 is 1.10 bits per heavy atom. The van der Waals surface area contributed by atoms with Gasteiger partial charge in [-0.25, -0.2) is 0 Å². The number of pyridine rings is 1. The second-order valence-electron chi connectivity index (χ2n) is 8.46. The second-order valence-corrected chi connectivity index (χ2v) is 8.46. The van der Waals surface area contributed by atoms with Crippen LogP contribution < -0.4 is 0 Å². The highest BCUT2D eigenvalue weighted by Gasteiger charge is 2.50. The lowest BCUT2D eigenvalue weighted by Crippen LogP contribution is -2.41. The van der Waals surface area contributed by atoms with Crippen molar-refractivity contribution in [1.82, 2.24) is 19.7 Å². The van der Waals surface area contributed by atoms with Crippen molar-refractivity contribution < 1.29 is 9.59 Å². The highest BCUT2D eigenvalue weighted by atomic mass is 16.2. The maximum Gasteiger partial charge on any atom is 0.255 e. The first-order valence-corrected chi connectivity index (χ1v) is 10.1. The predicted molar refractivity (Wildman–Crippen MR) is 111 cm³/mol. The van der Waals surface area contributed by atoms with E-state index in [4.69, 9.17) is 0 Å². The Bertz CT molecular complexity index is 899. The van der Waals surface area contributed by atoms with E-state index in [1.54, 1.807) is 18.5 Å². The number of fused-ring (bicyclic) bond motifs is 1. The number of carbonyl (C=O) groups is 2. The SMILES string of the molecule is Cc1ccccc1[C@H]1[C@@H]2CN(C(=O)c3cccnc3)C[C@@H]2CN1C(=O)CN(C)C. The monoisotopic (exact) mass is 392 g/mol. The average molecular weight is 393 g/mol. The first-order valence-electron chi connectivity index (χ1n) is 10.1. The Balaban J connectivity index is 1.61. The topological polar surface area (TPSA) is 56.8 Å². The number of nitrogens with zero attached hydrogens (tertiary/aromatic N) is 4. The van der Waals surface area contributed by atoms with Gasteiger partial charge in [0.2, 0.25) is 5.91 Å². The summed E-state index contributed by atoms with van der Waals surface area (Å²) in [5, 5.41) is 0. The van der Waals surface area contributed by atoms with Crippen LogP contribution in [0.25, 0.3) is 0 Å². The van der Waals surface area contributed by atoms with Gasteiger partial charge in [0.25, 0.3) is 5.91 Å². The van der Waals surface area contributed by atoms with Crippen LogP contribution in [-0.4, -0.2) is 71.8 Å². The van der Waals surface area contributed by atoms with Crippen molar-refractivity contribution >= 4 is 11.8 Å². The molecule has 0 saturated carbocycles. The van der Waals surface area contributed by atoms with Crippen molar-refractivity contribution in [2.75, 3.05) is 40.3 Å². The van der Waals surface area contributed by atoms with Crippen molar-refractivity contribution in [3.05, 3.63) is 65.5 Å². The fourth-order valence-corrected chi connectivity index (χ4v) is 4.82. The molecule has 3 heterocycles. The van der Waals surface area contributed by atoms with Crippen LogP contribution in [0.15, 0.2) is 48.8 Å². The number of carbonyl (C=O) groups excluding carboxylic acids is 2. The molecule has 6 heteroatoms. The predicted octanol–water partition coefficient (Wildman–Crippen LogP) is 2.22. The normalized spacial score (nSPS) is 23.5. The van der Waals surface area contributed by atoms with Gasteiger partial charge in [0.05, 0.1) is 18.2 Å². The van der Waals surface area contributed by atoms with E-state index in [0.29, 0.717) is 37.7 Å². The van der Waals surface area contributed by atoms with Crippen LogP contribution in [0, 0.1) is 18.8 Å². The van der Waals surface area contributed by atoms with Crippen molar-refractivity contribution in [2.24, 2.45) is 11.8 Å². The van der Waals surface area contributed by atoms with Crippen molar-refractivity contribution in [1.29, 1.82) is 0 Å². The summed E-state index contributed by atoms with van der Waals surface area (Å²) >= 11 is 0. The zero-order valence-electron chi connectivity index (χ0n) is 17.3.